The van der Waals surface area contributed by atoms with Crippen molar-refractivity contribution in [2.45, 2.75) is 44.5 Å². The number of hydrogen-bond donors (Lipinski definition) is 3. The molecule has 0 aliphatic carbocycles. The van der Waals surface area contributed by atoms with Gasteiger partial charge in [0.25, 0.3) is 5.69 Å². The Morgan fingerprint density at radius 3 is 2.41 bits per heavy atom. The number of aliphatic hydroxyl groups is 2. The molecule has 1 aromatic rings. The van der Waals surface area contributed by atoms with Crippen molar-refractivity contribution in [3.05, 3.63) is 34.4 Å². The van der Waals surface area contributed by atoms with E-state index >= 15 is 0 Å². The molecular formula is C16H20N2O9. The summed E-state index contributed by atoms with van der Waals surface area (Å²) in [4.78, 5) is 33.1. The van der Waals surface area contributed by atoms with E-state index in [0.29, 0.717) is 0 Å². The van der Waals surface area contributed by atoms with Gasteiger partial charge < -0.3 is 29.7 Å². The van der Waals surface area contributed by atoms with E-state index < -0.39 is 54.1 Å². The molecule has 148 valence electrons. The minimum absolute atomic E-state index is 0.147. The van der Waals surface area contributed by atoms with Gasteiger partial charge in [0.2, 0.25) is 12.2 Å². The topological polar surface area (TPSA) is 157 Å². The first-order chi connectivity index (χ1) is 12.7. The van der Waals surface area contributed by atoms with Gasteiger partial charge in [-0.2, -0.15) is 0 Å². The Labute approximate surface area is 154 Å². The number of amides is 1. The van der Waals surface area contributed by atoms with Gasteiger partial charge in [0, 0.05) is 26.0 Å². The molecular weight excluding hydrogens is 364 g/mol. The van der Waals surface area contributed by atoms with Crippen molar-refractivity contribution < 1.29 is 38.9 Å². The van der Waals surface area contributed by atoms with Crippen LogP contribution in [0.2, 0.25) is 0 Å². The molecule has 1 amide bonds. The molecule has 0 spiro atoms. The smallest absolute Gasteiger partial charge is 0.303 e. The summed E-state index contributed by atoms with van der Waals surface area (Å²) in [5, 5.41) is 32.9. The van der Waals surface area contributed by atoms with Crippen molar-refractivity contribution >= 4 is 17.6 Å². The van der Waals surface area contributed by atoms with Crippen LogP contribution < -0.4 is 10.1 Å². The van der Waals surface area contributed by atoms with Gasteiger partial charge in [0.05, 0.1) is 11.5 Å². The lowest BCUT2D eigenvalue weighted by atomic mass is 9.96. The second-order valence-corrected chi connectivity index (χ2v) is 5.89. The molecule has 11 nitrogen and oxygen atoms in total. The van der Waals surface area contributed by atoms with E-state index in [-0.39, 0.29) is 11.4 Å². The third-order valence-corrected chi connectivity index (χ3v) is 3.83. The molecule has 27 heavy (non-hydrogen) atoms. The van der Waals surface area contributed by atoms with Crippen molar-refractivity contribution in [3.8, 4) is 5.75 Å². The van der Waals surface area contributed by atoms with Gasteiger partial charge in [-0.1, -0.05) is 0 Å². The summed E-state index contributed by atoms with van der Waals surface area (Å²) in [6.45, 7) is 1.76. The fourth-order valence-electron chi connectivity index (χ4n) is 2.67. The lowest BCUT2D eigenvalue weighted by Crippen LogP contribution is -2.66. The molecule has 0 unspecified atom stereocenters. The molecule has 0 saturated carbocycles. The van der Waals surface area contributed by atoms with E-state index in [9.17, 15) is 29.9 Å². The first-order valence-corrected chi connectivity index (χ1v) is 8.02. The van der Waals surface area contributed by atoms with E-state index in [1.165, 1.54) is 31.2 Å². The van der Waals surface area contributed by atoms with Gasteiger partial charge in [0.15, 0.2) is 6.10 Å². The Bertz CT molecular complexity index is 694. The first-order valence-electron chi connectivity index (χ1n) is 8.02. The van der Waals surface area contributed by atoms with Crippen LogP contribution in [0.4, 0.5) is 5.69 Å². The standard InChI is InChI=1S/C16H20N2O9/c1-8(20)17-13-15(25-9(2)21)14(22)12(7-19)27-16(13)26-11-5-3-10(4-6-11)18(23)24/h3-6,12-16,19,22H,7H2,1-2H3,(H,17,20)/t12-,13+,14-,15-,16+/m1/s1. The fraction of sp³-hybridized carbons (Fsp3) is 0.500. The highest BCUT2D eigenvalue weighted by molar-refractivity contribution is 5.73. The number of aliphatic hydroxyl groups excluding tert-OH is 2. The lowest BCUT2D eigenvalue weighted by molar-refractivity contribution is -0.384. The first kappa shape index (κ1) is 20.6. The number of hydrogen-bond acceptors (Lipinski definition) is 9. The van der Waals surface area contributed by atoms with E-state index in [2.05, 4.69) is 5.32 Å². The number of esters is 1. The Morgan fingerprint density at radius 2 is 1.93 bits per heavy atom. The van der Waals surface area contributed by atoms with E-state index in [1.54, 1.807) is 0 Å². The Balaban J connectivity index is 2.29. The van der Waals surface area contributed by atoms with Crippen molar-refractivity contribution in [2.75, 3.05) is 6.61 Å². The van der Waals surface area contributed by atoms with Gasteiger partial charge in [-0.25, -0.2) is 0 Å². The van der Waals surface area contributed by atoms with Crippen molar-refractivity contribution in [2.24, 2.45) is 0 Å². The molecule has 11 heteroatoms. The number of carbonyl (C=O) groups excluding carboxylic acids is 2. The maximum Gasteiger partial charge on any atom is 0.303 e. The Morgan fingerprint density at radius 1 is 1.30 bits per heavy atom. The van der Waals surface area contributed by atoms with Crippen LogP contribution in [-0.2, 0) is 19.1 Å². The molecule has 1 saturated heterocycles. The fourth-order valence-corrected chi connectivity index (χ4v) is 2.67. The zero-order valence-corrected chi connectivity index (χ0v) is 14.6. The van der Waals surface area contributed by atoms with Crippen LogP contribution >= 0.6 is 0 Å². The van der Waals surface area contributed by atoms with Crippen molar-refractivity contribution in [1.29, 1.82) is 0 Å². The van der Waals surface area contributed by atoms with Crippen LogP contribution in [0.1, 0.15) is 13.8 Å². The van der Waals surface area contributed by atoms with Crippen LogP contribution in [0, 0.1) is 10.1 Å². The van der Waals surface area contributed by atoms with Gasteiger partial charge in [-0.3, -0.25) is 19.7 Å². The third-order valence-electron chi connectivity index (χ3n) is 3.83. The number of nitro groups is 1. The van der Waals surface area contributed by atoms with Gasteiger partial charge in [-0.15, -0.1) is 0 Å². The highest BCUT2D eigenvalue weighted by Crippen LogP contribution is 2.27. The summed E-state index contributed by atoms with van der Waals surface area (Å²) in [5.74, 6) is -1.02. The molecule has 5 atom stereocenters. The lowest BCUT2D eigenvalue weighted by Gasteiger charge is -2.43. The number of nitrogens with one attached hydrogen (secondary N) is 1. The summed E-state index contributed by atoms with van der Waals surface area (Å²) >= 11 is 0. The van der Waals surface area contributed by atoms with E-state index in [4.69, 9.17) is 14.2 Å². The second-order valence-electron chi connectivity index (χ2n) is 5.89. The average molecular weight is 384 g/mol. The number of ether oxygens (including phenoxy) is 3. The number of benzene rings is 1. The predicted molar refractivity (Wildman–Crippen MR) is 88.6 cm³/mol. The monoisotopic (exact) mass is 384 g/mol. The molecule has 1 aromatic carbocycles. The van der Waals surface area contributed by atoms with Gasteiger partial charge >= 0.3 is 5.97 Å². The predicted octanol–water partition coefficient (Wildman–Crippen LogP) is -0.512. The highest BCUT2D eigenvalue weighted by Gasteiger charge is 2.48. The van der Waals surface area contributed by atoms with Crippen LogP contribution in [-0.4, -0.2) is 64.3 Å². The van der Waals surface area contributed by atoms with Crippen LogP contribution in [0.25, 0.3) is 0 Å². The molecule has 1 fully saturated rings. The van der Waals surface area contributed by atoms with Crippen LogP contribution in [0.5, 0.6) is 5.75 Å². The number of carbonyl (C=O) groups is 2. The molecule has 1 heterocycles. The van der Waals surface area contributed by atoms with Crippen molar-refractivity contribution in [1.82, 2.24) is 5.32 Å². The minimum Gasteiger partial charge on any atom is -0.463 e. The summed E-state index contributed by atoms with van der Waals surface area (Å²) in [6.07, 6.45) is -5.02. The van der Waals surface area contributed by atoms with Crippen molar-refractivity contribution in [3.63, 3.8) is 0 Å². The van der Waals surface area contributed by atoms with E-state index in [0.717, 1.165) is 6.92 Å². The largest absolute Gasteiger partial charge is 0.463 e. The Hall–Kier alpha value is -2.76. The SMILES string of the molecule is CC(=O)N[C@@H]1[C@@H](Oc2ccc([N+](=O)[O-])cc2)O[C@H](CO)[C@@H](O)[C@@H]1OC(C)=O. The van der Waals surface area contributed by atoms with Crippen LogP contribution in [0.3, 0.4) is 0 Å². The third kappa shape index (κ3) is 5.12. The summed E-state index contributed by atoms with van der Waals surface area (Å²) in [7, 11) is 0. The number of non-ortho nitro benzene ring substituents is 1. The second kappa shape index (κ2) is 8.75. The molecule has 2 rings (SSSR count). The number of nitro benzene ring substituents is 1. The molecule has 1 aliphatic heterocycles. The van der Waals surface area contributed by atoms with Crippen LogP contribution in [0.15, 0.2) is 24.3 Å². The number of nitrogens with zero attached hydrogens (tertiary/aromatic N) is 1. The zero-order chi connectivity index (χ0) is 20.1. The summed E-state index contributed by atoms with van der Waals surface area (Å²) in [5.41, 5.74) is -0.147. The normalized spacial score (nSPS) is 27.5. The maximum absolute atomic E-state index is 11.5. The van der Waals surface area contributed by atoms with Gasteiger partial charge in [0.1, 0.15) is 24.0 Å². The maximum atomic E-state index is 11.5. The highest BCUT2D eigenvalue weighted by atomic mass is 16.7. The number of rotatable bonds is 6. The zero-order valence-electron chi connectivity index (χ0n) is 14.6. The van der Waals surface area contributed by atoms with E-state index in [1.807, 2.05) is 0 Å². The molecule has 0 radical (unpaired) electrons. The molecule has 0 aromatic heterocycles. The molecule has 1 aliphatic rings. The summed E-state index contributed by atoms with van der Waals surface area (Å²) < 4.78 is 16.2. The molecule has 0 bridgehead atoms. The Kier molecular flexibility index (Phi) is 6.66. The average Bonchev–Trinajstić information content (AvgIpc) is 2.60. The summed E-state index contributed by atoms with van der Waals surface area (Å²) in [6, 6.07) is 4.00. The van der Waals surface area contributed by atoms with Gasteiger partial charge in [-0.05, 0) is 12.1 Å². The molecule has 3 N–H and O–H groups in total. The quantitative estimate of drug-likeness (QED) is 0.334. The minimum atomic E-state index is -1.41.